The molecule has 0 radical (unpaired) electrons. The number of esters is 1. The van der Waals surface area contributed by atoms with Gasteiger partial charge in [-0.15, -0.1) is 11.3 Å². The van der Waals surface area contributed by atoms with Crippen molar-refractivity contribution in [2.75, 3.05) is 5.32 Å². The molecule has 0 spiro atoms. The summed E-state index contributed by atoms with van der Waals surface area (Å²) in [4.78, 5) is 38.1. The van der Waals surface area contributed by atoms with Crippen molar-refractivity contribution in [3.8, 4) is 0 Å². The second-order valence-corrected chi connectivity index (χ2v) is 5.64. The van der Waals surface area contributed by atoms with Crippen LogP contribution >= 0.6 is 11.3 Å². The average Bonchev–Trinajstić information content (AvgIpc) is 3.02. The largest absolute Gasteiger partial charge is 0.448 e. The van der Waals surface area contributed by atoms with E-state index in [1.54, 1.807) is 0 Å². The van der Waals surface area contributed by atoms with Crippen molar-refractivity contribution in [1.82, 2.24) is 10.3 Å². The van der Waals surface area contributed by atoms with Crippen molar-refractivity contribution in [2.24, 2.45) is 5.73 Å². The number of aromatic nitrogens is 1. The van der Waals surface area contributed by atoms with E-state index < -0.39 is 24.0 Å². The Morgan fingerprint density at radius 2 is 2.00 bits per heavy atom. The van der Waals surface area contributed by atoms with E-state index in [0.717, 1.165) is 5.56 Å². The Labute approximate surface area is 142 Å². The van der Waals surface area contributed by atoms with Crippen molar-refractivity contribution >= 4 is 34.4 Å². The van der Waals surface area contributed by atoms with Crippen molar-refractivity contribution in [3.05, 3.63) is 47.0 Å². The van der Waals surface area contributed by atoms with Gasteiger partial charge in [0.25, 0.3) is 5.91 Å². The predicted molar refractivity (Wildman–Crippen MR) is 88.5 cm³/mol. The van der Waals surface area contributed by atoms with Gasteiger partial charge >= 0.3 is 12.0 Å². The topological polar surface area (TPSA) is 123 Å². The summed E-state index contributed by atoms with van der Waals surface area (Å²) in [5.41, 5.74) is 5.98. The minimum atomic E-state index is -1.16. The highest BCUT2D eigenvalue weighted by molar-refractivity contribution is 7.13. The van der Waals surface area contributed by atoms with E-state index >= 15 is 0 Å². The molecule has 0 fully saturated rings. The zero-order valence-corrected chi connectivity index (χ0v) is 13.6. The van der Waals surface area contributed by atoms with Crippen LogP contribution in [-0.4, -0.2) is 29.0 Å². The summed E-state index contributed by atoms with van der Waals surface area (Å²) in [5.74, 6) is -1.56. The van der Waals surface area contributed by atoms with Gasteiger partial charge in [-0.3, -0.25) is 10.1 Å². The first-order valence-corrected chi connectivity index (χ1v) is 7.88. The van der Waals surface area contributed by atoms with E-state index in [1.807, 2.05) is 35.6 Å². The Balaban J connectivity index is 1.88. The Bertz CT molecular complexity index is 732. The second kappa shape index (κ2) is 8.06. The Kier molecular flexibility index (Phi) is 5.85. The monoisotopic (exact) mass is 348 g/mol. The highest BCUT2D eigenvalue weighted by Crippen LogP contribution is 2.17. The van der Waals surface area contributed by atoms with Gasteiger partial charge in [-0.05, 0) is 12.5 Å². The molecule has 24 heavy (non-hydrogen) atoms. The van der Waals surface area contributed by atoms with Crippen LogP contribution in [0.5, 0.6) is 0 Å². The molecule has 2 rings (SSSR count). The number of hydrogen-bond acceptors (Lipinski definition) is 7. The molecule has 0 saturated heterocycles. The zero-order valence-electron chi connectivity index (χ0n) is 12.8. The molecule has 0 aliphatic rings. The molecule has 1 aromatic heterocycles. The molecule has 0 unspecified atom stereocenters. The van der Waals surface area contributed by atoms with Crippen LogP contribution in [0.4, 0.5) is 9.93 Å². The van der Waals surface area contributed by atoms with E-state index in [-0.39, 0.29) is 5.69 Å². The first kappa shape index (κ1) is 17.4. The maximum Gasteiger partial charge on any atom is 0.358 e. The molecule has 9 heteroatoms. The van der Waals surface area contributed by atoms with Crippen LogP contribution in [0, 0.1) is 0 Å². The molecule has 0 saturated carbocycles. The number of nitrogens with one attached hydrogen (secondary N) is 2. The Morgan fingerprint density at radius 1 is 1.29 bits per heavy atom. The summed E-state index contributed by atoms with van der Waals surface area (Å²) in [6.45, 7) is 1.90. The fourth-order valence-corrected chi connectivity index (χ4v) is 2.40. The molecular weight excluding hydrogens is 332 g/mol. The number of urea groups is 1. The normalized spacial score (nSPS) is 11.4. The maximum atomic E-state index is 11.9. The Hall–Kier alpha value is -2.94. The van der Waals surface area contributed by atoms with Gasteiger partial charge in [0.2, 0.25) is 0 Å². The lowest BCUT2D eigenvalue weighted by Gasteiger charge is -2.10. The molecule has 1 atom stereocenters. The zero-order chi connectivity index (χ0) is 17.5. The molecule has 3 amide bonds. The van der Waals surface area contributed by atoms with E-state index in [9.17, 15) is 14.4 Å². The third-order valence-corrected chi connectivity index (χ3v) is 3.70. The van der Waals surface area contributed by atoms with E-state index in [4.69, 9.17) is 10.5 Å². The predicted octanol–water partition coefficient (Wildman–Crippen LogP) is 1.50. The van der Waals surface area contributed by atoms with Gasteiger partial charge in [-0.25, -0.2) is 14.6 Å². The van der Waals surface area contributed by atoms with Gasteiger partial charge in [0.15, 0.2) is 16.9 Å². The number of carbonyl (C=O) groups is 3. The van der Waals surface area contributed by atoms with Crippen LogP contribution in [0.3, 0.4) is 0 Å². The highest BCUT2D eigenvalue weighted by Gasteiger charge is 2.21. The fourth-order valence-electron chi connectivity index (χ4n) is 1.72. The second-order valence-electron chi connectivity index (χ2n) is 4.78. The number of nitrogens with two attached hydrogens (primary N) is 1. The van der Waals surface area contributed by atoms with Crippen LogP contribution in [0.25, 0.3) is 0 Å². The number of carbonyl (C=O) groups excluding carboxylic acids is 3. The van der Waals surface area contributed by atoms with E-state index in [0.29, 0.717) is 11.7 Å². The SMILES string of the molecule is C[C@@H](OC(=O)c1csc(NCc2ccccc2)n1)C(=O)NC(N)=O. The van der Waals surface area contributed by atoms with Crippen LogP contribution in [0.15, 0.2) is 35.7 Å². The minimum Gasteiger partial charge on any atom is -0.448 e. The van der Waals surface area contributed by atoms with E-state index in [1.165, 1.54) is 23.6 Å². The van der Waals surface area contributed by atoms with Crippen molar-refractivity contribution in [1.29, 1.82) is 0 Å². The number of nitrogens with zero attached hydrogens (tertiary/aromatic N) is 1. The number of primary amides is 1. The quantitative estimate of drug-likeness (QED) is 0.680. The van der Waals surface area contributed by atoms with Crippen LogP contribution < -0.4 is 16.4 Å². The number of thiazole rings is 1. The van der Waals surface area contributed by atoms with E-state index in [2.05, 4.69) is 10.3 Å². The molecule has 4 N–H and O–H groups in total. The third kappa shape index (κ3) is 5.06. The number of hydrogen-bond donors (Lipinski definition) is 3. The molecular formula is C15H16N4O4S. The summed E-state index contributed by atoms with van der Waals surface area (Å²) in [6.07, 6.45) is -1.16. The number of benzene rings is 1. The van der Waals surface area contributed by atoms with Gasteiger partial charge in [0, 0.05) is 11.9 Å². The highest BCUT2D eigenvalue weighted by atomic mass is 32.1. The number of anilines is 1. The lowest BCUT2D eigenvalue weighted by Crippen LogP contribution is -2.42. The van der Waals surface area contributed by atoms with Crippen molar-refractivity contribution in [2.45, 2.75) is 19.6 Å². The van der Waals surface area contributed by atoms with Gasteiger partial charge in [0.1, 0.15) is 0 Å². The lowest BCUT2D eigenvalue weighted by molar-refractivity contribution is -0.127. The van der Waals surface area contributed by atoms with Crippen LogP contribution in [0.2, 0.25) is 0 Å². The number of rotatable bonds is 6. The minimum absolute atomic E-state index is 0.0780. The maximum absolute atomic E-state index is 11.9. The number of imide groups is 1. The molecule has 126 valence electrons. The van der Waals surface area contributed by atoms with Crippen molar-refractivity contribution in [3.63, 3.8) is 0 Å². The molecule has 0 aliphatic carbocycles. The Morgan fingerprint density at radius 3 is 2.67 bits per heavy atom. The molecule has 0 bridgehead atoms. The smallest absolute Gasteiger partial charge is 0.358 e. The fraction of sp³-hybridized carbons (Fsp3) is 0.200. The summed E-state index contributed by atoms with van der Waals surface area (Å²) < 4.78 is 4.93. The molecule has 1 aromatic carbocycles. The lowest BCUT2D eigenvalue weighted by atomic mass is 10.2. The first-order valence-electron chi connectivity index (χ1n) is 7.00. The summed E-state index contributed by atoms with van der Waals surface area (Å²) in [6, 6.07) is 8.71. The van der Waals surface area contributed by atoms with Crippen LogP contribution in [0.1, 0.15) is 23.0 Å². The standard InChI is InChI=1S/C15H16N4O4S/c1-9(12(20)19-14(16)22)23-13(21)11-8-24-15(18-11)17-7-10-5-3-2-4-6-10/h2-6,8-9H,7H2,1H3,(H,17,18)(H3,16,19,20,22)/t9-/m1/s1. The summed E-state index contributed by atoms with van der Waals surface area (Å²) >= 11 is 1.25. The van der Waals surface area contributed by atoms with Gasteiger partial charge in [0.05, 0.1) is 0 Å². The first-order chi connectivity index (χ1) is 11.5. The number of amides is 3. The number of ether oxygens (including phenoxy) is 1. The van der Waals surface area contributed by atoms with Crippen molar-refractivity contribution < 1.29 is 19.1 Å². The van der Waals surface area contributed by atoms with Gasteiger partial charge < -0.3 is 15.8 Å². The third-order valence-electron chi connectivity index (χ3n) is 2.90. The summed E-state index contributed by atoms with van der Waals surface area (Å²) in [7, 11) is 0. The molecule has 2 aromatic rings. The average molecular weight is 348 g/mol. The van der Waals surface area contributed by atoms with Crippen LogP contribution in [-0.2, 0) is 16.1 Å². The van der Waals surface area contributed by atoms with Gasteiger partial charge in [-0.1, -0.05) is 30.3 Å². The molecule has 8 nitrogen and oxygen atoms in total. The molecule has 1 heterocycles. The molecule has 0 aliphatic heterocycles. The summed E-state index contributed by atoms with van der Waals surface area (Å²) in [5, 5.41) is 7.01. The van der Waals surface area contributed by atoms with Gasteiger partial charge in [-0.2, -0.15) is 0 Å².